The first kappa shape index (κ1) is 23.0. The van der Waals surface area contributed by atoms with Gasteiger partial charge in [-0.25, -0.2) is 19.6 Å². The largest absolute Gasteiger partial charge is 0.447 e. The van der Waals surface area contributed by atoms with Crippen LogP contribution < -0.4 is 21.3 Å². The van der Waals surface area contributed by atoms with E-state index in [2.05, 4.69) is 31.4 Å². The highest BCUT2D eigenvalue weighted by molar-refractivity contribution is 7.16. The zero-order valence-corrected chi connectivity index (χ0v) is 19.0. The Morgan fingerprint density at radius 3 is 2.71 bits per heavy atom. The molecule has 0 spiro atoms. The molecule has 11 heteroatoms. The molecule has 0 bridgehead atoms. The van der Waals surface area contributed by atoms with Crippen molar-refractivity contribution in [2.24, 2.45) is 5.73 Å². The molecule has 1 aliphatic heterocycles. The van der Waals surface area contributed by atoms with Crippen molar-refractivity contribution in [1.29, 1.82) is 0 Å². The van der Waals surface area contributed by atoms with Crippen LogP contribution in [-0.2, 0) is 4.74 Å². The van der Waals surface area contributed by atoms with Gasteiger partial charge in [-0.2, -0.15) is 0 Å². The Kier molecular flexibility index (Phi) is 7.19. The third-order valence-electron chi connectivity index (χ3n) is 5.17. The van der Waals surface area contributed by atoms with E-state index in [4.69, 9.17) is 21.9 Å². The topological polar surface area (TPSA) is 135 Å². The summed E-state index contributed by atoms with van der Waals surface area (Å²) in [7, 11) is 0. The van der Waals surface area contributed by atoms with Crippen LogP contribution >= 0.6 is 11.3 Å². The van der Waals surface area contributed by atoms with Crippen molar-refractivity contribution in [3.05, 3.63) is 53.4 Å². The van der Waals surface area contributed by atoms with Crippen molar-refractivity contribution in [3.63, 3.8) is 0 Å². The minimum atomic E-state index is -0.951. The Labute approximate surface area is 200 Å². The Bertz CT molecular complexity index is 1200. The van der Waals surface area contributed by atoms with E-state index in [0.717, 1.165) is 41.5 Å². The highest BCUT2D eigenvalue weighted by Crippen LogP contribution is 2.24. The van der Waals surface area contributed by atoms with Gasteiger partial charge in [-0.05, 0) is 43.0 Å². The molecule has 4 rings (SSSR count). The lowest BCUT2D eigenvalue weighted by Gasteiger charge is -2.19. The maximum absolute atomic E-state index is 12.5. The lowest BCUT2D eigenvalue weighted by Crippen LogP contribution is -2.36. The number of nitrogens with two attached hydrogens (primary N) is 1. The van der Waals surface area contributed by atoms with Gasteiger partial charge >= 0.3 is 12.1 Å². The number of pyridine rings is 2. The number of nitrogens with one attached hydrogen (secondary N) is 2. The molecule has 10 nitrogen and oxygen atoms in total. The van der Waals surface area contributed by atoms with Gasteiger partial charge < -0.3 is 20.7 Å². The van der Waals surface area contributed by atoms with Crippen molar-refractivity contribution in [3.8, 4) is 23.6 Å². The van der Waals surface area contributed by atoms with Gasteiger partial charge in [-0.15, -0.1) is 6.42 Å². The van der Waals surface area contributed by atoms with Gasteiger partial charge in [0, 0.05) is 24.8 Å². The summed E-state index contributed by atoms with van der Waals surface area (Å²) in [5.41, 5.74) is 7.23. The Hall–Kier alpha value is -4.17. The van der Waals surface area contributed by atoms with Crippen LogP contribution in [0.4, 0.5) is 20.4 Å². The smallest absolute Gasteiger partial charge is 0.404 e. The first-order valence-electron chi connectivity index (χ1n) is 10.6. The summed E-state index contributed by atoms with van der Waals surface area (Å²) in [6, 6.07) is 8.25. The third-order valence-corrected chi connectivity index (χ3v) is 6.01. The van der Waals surface area contributed by atoms with Crippen LogP contribution in [0.25, 0.3) is 11.3 Å². The van der Waals surface area contributed by atoms with Gasteiger partial charge in [0.2, 0.25) is 0 Å². The molecule has 3 amide bonds. The number of carbonyl (C=O) groups excluding carboxylic acids is 2. The molecule has 1 saturated heterocycles. The number of terminal acetylenes is 1. The molecule has 34 heavy (non-hydrogen) atoms. The number of amides is 3. The quantitative estimate of drug-likeness (QED) is 0.445. The Morgan fingerprint density at radius 1 is 1.21 bits per heavy atom. The SMILES string of the molecule is C#Cc1ncc(NC(=O)NC(COC(N)=O)c2ccc(-c3cccc(N4CCCC4)n3)cn2)s1. The summed E-state index contributed by atoms with van der Waals surface area (Å²) in [6.07, 6.45) is 9.83. The summed E-state index contributed by atoms with van der Waals surface area (Å²) in [5.74, 6) is 3.35. The molecule has 1 unspecified atom stereocenters. The molecule has 1 fully saturated rings. The number of rotatable bonds is 7. The van der Waals surface area contributed by atoms with E-state index in [1.807, 2.05) is 24.3 Å². The van der Waals surface area contributed by atoms with Gasteiger partial charge in [0.15, 0.2) is 5.01 Å². The minimum Gasteiger partial charge on any atom is -0.447 e. The van der Waals surface area contributed by atoms with Gasteiger partial charge in [0.1, 0.15) is 23.5 Å². The standard InChI is InChI=1S/C23H23N7O3S/c1-2-20-26-13-21(34-20)29-23(32)28-18(14-33-22(24)31)17-9-8-15(12-25-17)16-6-5-7-19(27-16)30-10-3-4-11-30/h1,5-9,12-13,18H,3-4,10-11,14H2,(H2,24,31)(H2,28,29,32). The molecular weight excluding hydrogens is 454 g/mol. The maximum atomic E-state index is 12.5. The number of anilines is 2. The summed E-state index contributed by atoms with van der Waals surface area (Å²) in [5, 5.41) is 6.31. The number of carbonyl (C=O) groups is 2. The average Bonchev–Trinajstić information content (AvgIpc) is 3.54. The second-order valence-electron chi connectivity index (χ2n) is 7.50. The Balaban J connectivity index is 1.48. The number of nitrogens with zero attached hydrogens (tertiary/aromatic N) is 4. The molecule has 0 radical (unpaired) electrons. The molecule has 4 N–H and O–H groups in total. The third kappa shape index (κ3) is 5.79. The fourth-order valence-corrected chi connectivity index (χ4v) is 4.16. The Morgan fingerprint density at radius 2 is 2.03 bits per heavy atom. The zero-order chi connectivity index (χ0) is 23.9. The molecule has 0 aromatic carbocycles. The fourth-order valence-electron chi connectivity index (χ4n) is 3.54. The van der Waals surface area contributed by atoms with E-state index < -0.39 is 18.2 Å². The highest BCUT2D eigenvalue weighted by atomic mass is 32.1. The number of aromatic nitrogens is 3. The van der Waals surface area contributed by atoms with Crippen molar-refractivity contribution < 1.29 is 14.3 Å². The zero-order valence-electron chi connectivity index (χ0n) is 18.2. The number of ether oxygens (including phenoxy) is 1. The predicted octanol–water partition coefficient (Wildman–Crippen LogP) is 3.14. The van der Waals surface area contributed by atoms with E-state index in [1.54, 1.807) is 12.3 Å². The maximum Gasteiger partial charge on any atom is 0.404 e. The van der Waals surface area contributed by atoms with E-state index in [-0.39, 0.29) is 6.61 Å². The van der Waals surface area contributed by atoms with E-state index in [9.17, 15) is 9.59 Å². The molecule has 1 atom stereocenters. The molecule has 1 aliphatic rings. The van der Waals surface area contributed by atoms with E-state index in [1.165, 1.54) is 19.0 Å². The van der Waals surface area contributed by atoms with E-state index >= 15 is 0 Å². The molecular formula is C23H23N7O3S. The molecule has 3 aromatic rings. The van der Waals surface area contributed by atoms with Crippen molar-refractivity contribution in [1.82, 2.24) is 20.3 Å². The van der Waals surface area contributed by atoms with Crippen LogP contribution in [0.15, 0.2) is 42.7 Å². The van der Waals surface area contributed by atoms with Crippen molar-refractivity contribution >= 4 is 34.3 Å². The second-order valence-corrected chi connectivity index (χ2v) is 8.53. The minimum absolute atomic E-state index is 0.184. The number of hydrogen-bond donors (Lipinski definition) is 3. The average molecular weight is 478 g/mol. The van der Waals surface area contributed by atoms with Crippen LogP contribution in [-0.4, -0.2) is 46.8 Å². The number of thiazole rings is 1. The number of primary amides is 1. The summed E-state index contributed by atoms with van der Waals surface area (Å²) in [4.78, 5) is 39.1. The highest BCUT2D eigenvalue weighted by Gasteiger charge is 2.19. The molecule has 4 heterocycles. The summed E-state index contributed by atoms with van der Waals surface area (Å²) >= 11 is 1.16. The van der Waals surface area contributed by atoms with E-state index in [0.29, 0.717) is 15.7 Å². The van der Waals surface area contributed by atoms with Crippen LogP contribution in [0.1, 0.15) is 29.6 Å². The predicted molar refractivity (Wildman–Crippen MR) is 129 cm³/mol. The molecule has 174 valence electrons. The van der Waals surface area contributed by atoms with Crippen LogP contribution in [0.3, 0.4) is 0 Å². The molecule has 0 aliphatic carbocycles. The van der Waals surface area contributed by atoms with Crippen LogP contribution in [0.5, 0.6) is 0 Å². The lowest BCUT2D eigenvalue weighted by molar-refractivity contribution is 0.143. The van der Waals surface area contributed by atoms with Crippen molar-refractivity contribution in [2.75, 3.05) is 29.9 Å². The van der Waals surface area contributed by atoms with Crippen LogP contribution in [0.2, 0.25) is 0 Å². The van der Waals surface area contributed by atoms with Gasteiger partial charge in [0.25, 0.3) is 0 Å². The fraction of sp³-hybridized carbons (Fsp3) is 0.261. The first-order chi connectivity index (χ1) is 16.5. The second kappa shape index (κ2) is 10.6. The van der Waals surface area contributed by atoms with Crippen molar-refractivity contribution in [2.45, 2.75) is 18.9 Å². The first-order valence-corrected chi connectivity index (χ1v) is 11.4. The van der Waals surface area contributed by atoms with Crippen LogP contribution in [0, 0.1) is 12.3 Å². The molecule has 3 aromatic heterocycles. The summed E-state index contributed by atoms with van der Waals surface area (Å²) < 4.78 is 4.92. The van der Waals surface area contributed by atoms with Gasteiger partial charge in [0.05, 0.1) is 17.6 Å². The monoisotopic (exact) mass is 477 g/mol. The van der Waals surface area contributed by atoms with Gasteiger partial charge in [-0.3, -0.25) is 10.3 Å². The normalized spacial score (nSPS) is 13.7. The number of urea groups is 1. The lowest BCUT2D eigenvalue weighted by atomic mass is 10.1. The molecule has 0 saturated carbocycles. The van der Waals surface area contributed by atoms with Gasteiger partial charge in [-0.1, -0.05) is 17.4 Å². The number of hydrogen-bond acceptors (Lipinski definition) is 8. The summed E-state index contributed by atoms with van der Waals surface area (Å²) in [6.45, 7) is 1.83.